The number of carbonyl (C=O) groups is 2. The van der Waals surface area contributed by atoms with Crippen molar-refractivity contribution in [2.45, 2.75) is 32.4 Å². The molecule has 2 amide bonds. The van der Waals surface area contributed by atoms with Crippen molar-refractivity contribution in [1.29, 1.82) is 0 Å². The average molecular weight is 463 g/mol. The SMILES string of the molecule is C=CCC[C@@H](C)N1CN(C)C(=O)c2c(O)c(=O)c(C(=O)NCc3cccc(Cl)c3F)cn21. The van der Waals surface area contributed by atoms with Crippen LogP contribution >= 0.6 is 11.6 Å². The van der Waals surface area contributed by atoms with E-state index in [-0.39, 0.29) is 41.1 Å². The minimum atomic E-state index is -0.984. The van der Waals surface area contributed by atoms with Crippen LogP contribution in [0.3, 0.4) is 0 Å². The van der Waals surface area contributed by atoms with E-state index in [1.54, 1.807) is 18.1 Å². The predicted octanol–water partition coefficient (Wildman–Crippen LogP) is 2.61. The number of halogens is 2. The first-order valence-electron chi connectivity index (χ1n) is 10.00. The molecule has 0 saturated carbocycles. The van der Waals surface area contributed by atoms with Crippen molar-refractivity contribution in [2.24, 2.45) is 0 Å². The highest BCUT2D eigenvalue weighted by Crippen LogP contribution is 2.23. The molecule has 1 aromatic heterocycles. The molecular formula is C22H24ClFN4O4. The summed E-state index contributed by atoms with van der Waals surface area (Å²) in [6.07, 6.45) is 4.42. The van der Waals surface area contributed by atoms with Crippen molar-refractivity contribution in [3.8, 4) is 5.75 Å². The first-order chi connectivity index (χ1) is 15.2. The van der Waals surface area contributed by atoms with Crippen LogP contribution in [0.2, 0.25) is 5.02 Å². The Labute approximate surface area is 189 Å². The highest BCUT2D eigenvalue weighted by Gasteiger charge is 2.34. The van der Waals surface area contributed by atoms with E-state index in [2.05, 4.69) is 11.9 Å². The number of pyridine rings is 1. The van der Waals surface area contributed by atoms with Crippen LogP contribution in [0, 0.1) is 5.82 Å². The van der Waals surface area contributed by atoms with E-state index in [9.17, 15) is 23.9 Å². The molecule has 0 aliphatic carbocycles. The van der Waals surface area contributed by atoms with Gasteiger partial charge in [0.25, 0.3) is 11.8 Å². The summed E-state index contributed by atoms with van der Waals surface area (Å²) in [5.41, 5.74) is -1.43. The maximum Gasteiger partial charge on any atom is 0.277 e. The molecule has 32 heavy (non-hydrogen) atoms. The van der Waals surface area contributed by atoms with Gasteiger partial charge in [-0.3, -0.25) is 24.1 Å². The molecule has 0 radical (unpaired) electrons. The molecule has 1 aliphatic heterocycles. The number of nitrogens with zero attached hydrogens (tertiary/aromatic N) is 3. The van der Waals surface area contributed by atoms with E-state index >= 15 is 0 Å². The number of hydrogen-bond acceptors (Lipinski definition) is 5. The summed E-state index contributed by atoms with van der Waals surface area (Å²) in [6, 6.07) is 4.28. The van der Waals surface area contributed by atoms with Crippen LogP contribution in [0.4, 0.5) is 4.39 Å². The minimum Gasteiger partial charge on any atom is -0.502 e. The third-order valence-corrected chi connectivity index (χ3v) is 5.65. The van der Waals surface area contributed by atoms with Crippen molar-refractivity contribution < 1.29 is 19.1 Å². The lowest BCUT2D eigenvalue weighted by Gasteiger charge is -2.41. The van der Waals surface area contributed by atoms with Gasteiger partial charge in [-0.25, -0.2) is 4.39 Å². The molecule has 1 atom stereocenters. The van der Waals surface area contributed by atoms with Gasteiger partial charge in [-0.15, -0.1) is 6.58 Å². The number of carbonyl (C=O) groups excluding carboxylic acids is 2. The Kier molecular flexibility index (Phi) is 6.88. The third kappa shape index (κ3) is 4.34. The van der Waals surface area contributed by atoms with Gasteiger partial charge in [0.05, 0.1) is 5.02 Å². The number of aromatic hydroxyl groups is 1. The molecule has 1 aromatic carbocycles. The van der Waals surface area contributed by atoms with Gasteiger partial charge in [0.15, 0.2) is 11.4 Å². The van der Waals surface area contributed by atoms with Gasteiger partial charge >= 0.3 is 0 Å². The van der Waals surface area contributed by atoms with Gasteiger partial charge in [0.1, 0.15) is 18.0 Å². The molecule has 2 heterocycles. The molecule has 1 aliphatic rings. The molecule has 2 N–H and O–H groups in total. The minimum absolute atomic E-state index is 0.0879. The molecule has 0 fully saturated rings. The van der Waals surface area contributed by atoms with Gasteiger partial charge < -0.3 is 15.3 Å². The highest BCUT2D eigenvalue weighted by molar-refractivity contribution is 6.30. The fraction of sp³-hybridized carbons (Fsp3) is 0.318. The molecule has 2 aromatic rings. The number of nitrogens with one attached hydrogen (secondary N) is 1. The molecule has 0 bridgehead atoms. The molecule has 10 heteroatoms. The van der Waals surface area contributed by atoms with Crippen LogP contribution in [0.5, 0.6) is 5.75 Å². The van der Waals surface area contributed by atoms with Crippen LogP contribution < -0.4 is 15.8 Å². The van der Waals surface area contributed by atoms with Crippen molar-refractivity contribution in [2.75, 3.05) is 18.7 Å². The van der Waals surface area contributed by atoms with Crippen molar-refractivity contribution in [1.82, 2.24) is 14.9 Å². The molecule has 3 rings (SSSR count). The van der Waals surface area contributed by atoms with Gasteiger partial charge in [0.2, 0.25) is 5.43 Å². The summed E-state index contributed by atoms with van der Waals surface area (Å²) >= 11 is 5.76. The zero-order chi connectivity index (χ0) is 23.6. The highest BCUT2D eigenvalue weighted by atomic mass is 35.5. The Morgan fingerprint density at radius 2 is 2.12 bits per heavy atom. The van der Waals surface area contributed by atoms with Crippen molar-refractivity contribution in [3.05, 3.63) is 74.9 Å². The van der Waals surface area contributed by atoms with E-state index in [0.29, 0.717) is 6.42 Å². The smallest absolute Gasteiger partial charge is 0.277 e. The van der Waals surface area contributed by atoms with E-state index in [0.717, 1.165) is 6.42 Å². The van der Waals surface area contributed by atoms with Gasteiger partial charge in [-0.05, 0) is 25.8 Å². The zero-order valence-corrected chi connectivity index (χ0v) is 18.5. The van der Waals surface area contributed by atoms with E-state index in [1.807, 2.05) is 6.92 Å². The summed E-state index contributed by atoms with van der Waals surface area (Å²) in [7, 11) is 1.56. The normalized spacial score (nSPS) is 14.2. The van der Waals surface area contributed by atoms with Crippen LogP contribution in [-0.4, -0.2) is 46.3 Å². The summed E-state index contributed by atoms with van der Waals surface area (Å²) in [4.78, 5) is 39.5. The first kappa shape index (κ1) is 23.3. The van der Waals surface area contributed by atoms with Crippen molar-refractivity contribution in [3.63, 3.8) is 0 Å². The number of aromatic nitrogens is 1. The summed E-state index contributed by atoms with van der Waals surface area (Å²) < 4.78 is 15.4. The Morgan fingerprint density at radius 1 is 1.41 bits per heavy atom. The largest absolute Gasteiger partial charge is 0.502 e. The van der Waals surface area contributed by atoms with Crippen LogP contribution in [0.15, 0.2) is 41.8 Å². The quantitative estimate of drug-likeness (QED) is 0.617. The summed E-state index contributed by atoms with van der Waals surface area (Å²) in [6.45, 7) is 5.62. The zero-order valence-electron chi connectivity index (χ0n) is 17.8. The number of amides is 2. The van der Waals surface area contributed by atoms with Gasteiger partial charge in [-0.1, -0.05) is 29.8 Å². The summed E-state index contributed by atoms with van der Waals surface area (Å²) in [5, 5.41) is 14.7. The van der Waals surface area contributed by atoms with E-state index in [1.165, 1.54) is 34.0 Å². The van der Waals surface area contributed by atoms with Gasteiger partial charge in [0, 0.05) is 31.4 Å². The van der Waals surface area contributed by atoms with Crippen LogP contribution in [0.25, 0.3) is 0 Å². The lowest BCUT2D eigenvalue weighted by Crippen LogP contribution is -2.56. The maximum absolute atomic E-state index is 14.1. The first-order valence-corrected chi connectivity index (χ1v) is 10.4. The summed E-state index contributed by atoms with van der Waals surface area (Å²) in [5.74, 6) is -2.84. The number of rotatable bonds is 7. The maximum atomic E-state index is 14.1. The molecule has 0 saturated heterocycles. The predicted molar refractivity (Wildman–Crippen MR) is 119 cm³/mol. The van der Waals surface area contributed by atoms with E-state index in [4.69, 9.17) is 11.6 Å². The number of benzene rings is 1. The van der Waals surface area contributed by atoms with E-state index < -0.39 is 28.8 Å². The number of fused-ring (bicyclic) bond motifs is 1. The second kappa shape index (κ2) is 9.44. The second-order valence-corrected chi connectivity index (χ2v) is 8.02. The molecule has 8 nitrogen and oxygen atoms in total. The van der Waals surface area contributed by atoms with Crippen LogP contribution in [0.1, 0.15) is 46.2 Å². The third-order valence-electron chi connectivity index (χ3n) is 5.36. The number of allylic oxidation sites excluding steroid dienone is 1. The van der Waals surface area contributed by atoms with Crippen LogP contribution in [-0.2, 0) is 6.54 Å². The van der Waals surface area contributed by atoms with Crippen molar-refractivity contribution >= 4 is 23.4 Å². The number of hydrogen-bond donors (Lipinski definition) is 2. The standard InChI is InChI=1S/C22H24ClFN4O4/c1-4-5-7-13(2)28-12-26(3)22(32)18-20(30)19(29)15(11-27(18)28)21(31)25-10-14-8-6-9-16(23)17(14)24/h4,6,8-9,11,13,30H,1,5,7,10,12H2,2-3H3,(H,25,31)/t13-/m1/s1. The Hall–Kier alpha value is -3.33. The lowest BCUT2D eigenvalue weighted by atomic mass is 10.1. The Morgan fingerprint density at radius 3 is 2.81 bits per heavy atom. The Balaban J connectivity index is 1.97. The fourth-order valence-corrected chi connectivity index (χ4v) is 3.69. The molecule has 170 valence electrons. The van der Waals surface area contributed by atoms with Gasteiger partial charge in [-0.2, -0.15) is 0 Å². The fourth-order valence-electron chi connectivity index (χ4n) is 3.50. The molecule has 0 spiro atoms. The molecule has 0 unspecified atom stereocenters. The monoisotopic (exact) mass is 462 g/mol. The lowest BCUT2D eigenvalue weighted by molar-refractivity contribution is 0.0722. The average Bonchev–Trinajstić information content (AvgIpc) is 2.77. The molecular weight excluding hydrogens is 439 g/mol. The topological polar surface area (TPSA) is 94.9 Å². The Bertz CT molecular complexity index is 1130. The second-order valence-electron chi connectivity index (χ2n) is 7.61.